The number of carbonyl (C=O) groups excluding carboxylic acids is 1. The molecular formula is C18H24O6. The molecule has 1 aliphatic rings. The molecule has 1 N–H and O–H groups in total. The van der Waals surface area contributed by atoms with Crippen LogP contribution >= 0.6 is 0 Å². The third-order valence-corrected chi connectivity index (χ3v) is 3.89. The van der Waals surface area contributed by atoms with Crippen LogP contribution in [0.4, 0.5) is 0 Å². The van der Waals surface area contributed by atoms with Gasteiger partial charge in [0.2, 0.25) is 5.79 Å². The highest BCUT2D eigenvalue weighted by atomic mass is 16.8. The second-order valence-corrected chi connectivity index (χ2v) is 6.27. The van der Waals surface area contributed by atoms with E-state index in [0.717, 1.165) is 17.7 Å². The van der Waals surface area contributed by atoms with Gasteiger partial charge < -0.3 is 19.3 Å². The monoisotopic (exact) mass is 336 g/mol. The number of rotatable bonds is 8. The first-order valence-electron chi connectivity index (χ1n) is 8.17. The van der Waals surface area contributed by atoms with Crippen molar-refractivity contribution >= 4 is 11.9 Å². The minimum absolute atomic E-state index is 0.346. The molecular weight excluding hydrogens is 312 g/mol. The van der Waals surface area contributed by atoms with E-state index in [0.29, 0.717) is 19.4 Å². The van der Waals surface area contributed by atoms with Gasteiger partial charge in [0, 0.05) is 13.8 Å². The third kappa shape index (κ3) is 4.71. The minimum Gasteiger partial charge on any atom is -0.494 e. The van der Waals surface area contributed by atoms with Gasteiger partial charge in [0.25, 0.3) is 0 Å². The Morgan fingerprint density at radius 1 is 1.33 bits per heavy atom. The molecule has 1 aromatic rings. The van der Waals surface area contributed by atoms with Crippen molar-refractivity contribution in [2.45, 2.75) is 51.9 Å². The summed E-state index contributed by atoms with van der Waals surface area (Å²) in [6.45, 7) is 5.75. The number of aliphatic carboxylic acids is 1. The van der Waals surface area contributed by atoms with Crippen LogP contribution in [0, 0.1) is 5.92 Å². The maximum atomic E-state index is 11.8. The van der Waals surface area contributed by atoms with Crippen molar-refractivity contribution in [1.29, 1.82) is 0 Å². The topological polar surface area (TPSA) is 82.1 Å². The smallest absolute Gasteiger partial charge is 0.338 e. The Morgan fingerprint density at radius 2 is 2.00 bits per heavy atom. The Labute approximate surface area is 141 Å². The molecule has 1 aromatic carbocycles. The average molecular weight is 336 g/mol. The summed E-state index contributed by atoms with van der Waals surface area (Å²) in [4.78, 5) is 23.3. The number of hydrogen-bond acceptors (Lipinski definition) is 5. The van der Waals surface area contributed by atoms with Crippen LogP contribution in [-0.2, 0) is 25.5 Å². The Balaban J connectivity index is 1.90. The number of hydrogen-bond donors (Lipinski definition) is 1. The highest BCUT2D eigenvalue weighted by molar-refractivity contribution is 5.84. The molecule has 6 heteroatoms. The Kier molecular flexibility index (Phi) is 5.83. The van der Waals surface area contributed by atoms with Gasteiger partial charge in [0.15, 0.2) is 6.10 Å². The van der Waals surface area contributed by atoms with Crippen molar-refractivity contribution in [1.82, 2.24) is 0 Å². The zero-order valence-corrected chi connectivity index (χ0v) is 14.3. The lowest BCUT2D eigenvalue weighted by atomic mass is 9.94. The van der Waals surface area contributed by atoms with Gasteiger partial charge in [-0.2, -0.15) is 0 Å². The van der Waals surface area contributed by atoms with E-state index in [1.54, 1.807) is 13.8 Å². The van der Waals surface area contributed by atoms with E-state index in [1.807, 2.05) is 31.2 Å². The maximum absolute atomic E-state index is 11.8. The zero-order chi connectivity index (χ0) is 17.7. The quantitative estimate of drug-likeness (QED) is 0.735. The van der Waals surface area contributed by atoms with Gasteiger partial charge in [-0.05, 0) is 43.9 Å². The fourth-order valence-corrected chi connectivity index (χ4v) is 2.77. The number of carboxylic acid groups (broad SMARTS) is 1. The van der Waals surface area contributed by atoms with Crippen LogP contribution in [0.15, 0.2) is 24.3 Å². The van der Waals surface area contributed by atoms with Gasteiger partial charge in [-0.1, -0.05) is 12.1 Å². The largest absolute Gasteiger partial charge is 0.494 e. The van der Waals surface area contributed by atoms with Crippen LogP contribution in [0.2, 0.25) is 0 Å². The molecule has 1 fully saturated rings. The fourth-order valence-electron chi connectivity index (χ4n) is 2.77. The molecule has 0 aliphatic carbocycles. The number of esters is 1. The van der Waals surface area contributed by atoms with Crippen LogP contribution in [0.1, 0.15) is 39.2 Å². The van der Waals surface area contributed by atoms with E-state index >= 15 is 0 Å². The summed E-state index contributed by atoms with van der Waals surface area (Å²) >= 11 is 0. The number of benzene rings is 1. The second kappa shape index (κ2) is 7.66. The van der Waals surface area contributed by atoms with Crippen LogP contribution < -0.4 is 4.74 Å². The second-order valence-electron chi connectivity index (χ2n) is 6.27. The molecule has 6 nitrogen and oxygen atoms in total. The lowest BCUT2D eigenvalue weighted by Crippen LogP contribution is -2.34. The molecule has 1 aliphatic heterocycles. The first-order valence-corrected chi connectivity index (χ1v) is 8.17. The standard InChI is InChI=1S/C18H24O6/c1-4-22-13-10-8-12(9-11-13)6-5-7-14(16(19)20)15-17(21)24-18(2,3)23-15/h8-11,14-15H,4-7H2,1-3H3,(H,19,20)/t14?,15-/m0/s1. The van der Waals surface area contributed by atoms with Gasteiger partial charge in [-0.3, -0.25) is 4.79 Å². The summed E-state index contributed by atoms with van der Waals surface area (Å²) in [5, 5.41) is 9.41. The molecule has 2 rings (SSSR count). The van der Waals surface area contributed by atoms with E-state index in [4.69, 9.17) is 14.2 Å². The highest BCUT2D eigenvalue weighted by Gasteiger charge is 2.47. The van der Waals surface area contributed by atoms with Crippen LogP contribution in [0.3, 0.4) is 0 Å². The van der Waals surface area contributed by atoms with Gasteiger partial charge in [0.05, 0.1) is 12.5 Å². The van der Waals surface area contributed by atoms with Crippen molar-refractivity contribution < 1.29 is 28.9 Å². The molecule has 132 valence electrons. The van der Waals surface area contributed by atoms with E-state index in [1.165, 1.54) is 0 Å². The molecule has 2 atom stereocenters. The SMILES string of the molecule is CCOc1ccc(CCCC(C(=O)O)[C@@H]2OC(C)(C)OC2=O)cc1. The van der Waals surface area contributed by atoms with Gasteiger partial charge >= 0.3 is 11.9 Å². The summed E-state index contributed by atoms with van der Waals surface area (Å²) in [5.41, 5.74) is 1.10. The van der Waals surface area contributed by atoms with Crippen molar-refractivity contribution in [3.05, 3.63) is 29.8 Å². The lowest BCUT2D eigenvalue weighted by molar-refractivity contribution is -0.163. The minimum atomic E-state index is -1.06. The zero-order valence-electron chi connectivity index (χ0n) is 14.3. The number of aryl methyl sites for hydroxylation is 1. The Hall–Kier alpha value is -2.08. The van der Waals surface area contributed by atoms with Crippen molar-refractivity contribution in [3.63, 3.8) is 0 Å². The molecule has 0 amide bonds. The van der Waals surface area contributed by atoms with Crippen LogP contribution in [0.25, 0.3) is 0 Å². The number of carbonyl (C=O) groups is 2. The normalized spacial score (nSPS) is 20.5. The van der Waals surface area contributed by atoms with Crippen LogP contribution in [-0.4, -0.2) is 35.5 Å². The summed E-state index contributed by atoms with van der Waals surface area (Å²) < 4.78 is 15.9. The van der Waals surface area contributed by atoms with Crippen molar-refractivity contribution in [2.24, 2.45) is 5.92 Å². The fraction of sp³-hybridized carbons (Fsp3) is 0.556. The number of ether oxygens (including phenoxy) is 3. The lowest BCUT2D eigenvalue weighted by Gasteiger charge is -2.19. The van der Waals surface area contributed by atoms with E-state index in [-0.39, 0.29) is 0 Å². The van der Waals surface area contributed by atoms with Gasteiger partial charge in [-0.15, -0.1) is 0 Å². The molecule has 1 unspecified atom stereocenters. The number of cyclic esters (lactones) is 1. The first-order chi connectivity index (χ1) is 11.3. The molecule has 1 heterocycles. The summed E-state index contributed by atoms with van der Waals surface area (Å²) in [6, 6.07) is 7.72. The summed E-state index contributed by atoms with van der Waals surface area (Å²) in [6.07, 6.45) is 0.663. The predicted octanol–water partition coefficient (Wildman–Crippen LogP) is 2.79. The van der Waals surface area contributed by atoms with Crippen molar-refractivity contribution in [3.8, 4) is 5.75 Å². The molecule has 0 spiro atoms. The van der Waals surface area contributed by atoms with Gasteiger partial charge in [0.1, 0.15) is 5.75 Å². The Morgan fingerprint density at radius 3 is 2.50 bits per heavy atom. The molecule has 1 saturated heterocycles. The third-order valence-electron chi connectivity index (χ3n) is 3.89. The average Bonchev–Trinajstić information content (AvgIpc) is 2.78. The summed E-state index contributed by atoms with van der Waals surface area (Å²) in [5.74, 6) is -2.80. The van der Waals surface area contributed by atoms with Crippen molar-refractivity contribution in [2.75, 3.05) is 6.61 Å². The first kappa shape index (κ1) is 18.3. The molecule has 0 saturated carbocycles. The maximum Gasteiger partial charge on any atom is 0.338 e. The molecule has 0 aromatic heterocycles. The predicted molar refractivity (Wildman–Crippen MR) is 86.7 cm³/mol. The van der Waals surface area contributed by atoms with Crippen LogP contribution in [0.5, 0.6) is 5.75 Å². The Bertz CT molecular complexity index is 578. The summed E-state index contributed by atoms with van der Waals surface area (Å²) in [7, 11) is 0. The van der Waals surface area contributed by atoms with E-state index in [2.05, 4.69) is 0 Å². The number of carboxylic acids is 1. The molecule has 24 heavy (non-hydrogen) atoms. The highest BCUT2D eigenvalue weighted by Crippen LogP contribution is 2.30. The van der Waals surface area contributed by atoms with Gasteiger partial charge in [-0.25, -0.2) is 4.79 Å². The van der Waals surface area contributed by atoms with E-state index in [9.17, 15) is 14.7 Å². The van der Waals surface area contributed by atoms with E-state index < -0.39 is 29.7 Å². The molecule has 0 bridgehead atoms. The molecule has 0 radical (unpaired) electrons.